The number of ether oxygens (including phenoxy) is 1. The van der Waals surface area contributed by atoms with Gasteiger partial charge in [0, 0.05) is 18.7 Å². The summed E-state index contributed by atoms with van der Waals surface area (Å²) in [5, 5.41) is 19.1. The van der Waals surface area contributed by atoms with Crippen LogP contribution in [-0.4, -0.2) is 54.4 Å². The van der Waals surface area contributed by atoms with Crippen LogP contribution in [0.2, 0.25) is 0 Å². The minimum absolute atomic E-state index is 0.0850. The number of aliphatic hydroxyl groups excluding tert-OH is 1. The van der Waals surface area contributed by atoms with Gasteiger partial charge >= 0.3 is 0 Å². The number of nitrogens with zero attached hydrogens (tertiary/aromatic N) is 1. The molecule has 2 fully saturated rings. The third kappa shape index (κ3) is 5.18. The van der Waals surface area contributed by atoms with Gasteiger partial charge in [-0.1, -0.05) is 12.1 Å². The summed E-state index contributed by atoms with van der Waals surface area (Å²) < 4.78 is 6.28. The first-order chi connectivity index (χ1) is 14.6. The Labute approximate surface area is 181 Å². The molecule has 2 aromatic rings. The lowest BCUT2D eigenvalue weighted by Crippen LogP contribution is -2.40. The van der Waals surface area contributed by atoms with Gasteiger partial charge in [-0.15, -0.1) is 11.3 Å². The first-order valence-electron chi connectivity index (χ1n) is 10.7. The van der Waals surface area contributed by atoms with Gasteiger partial charge < -0.3 is 25.8 Å². The third-order valence-electron chi connectivity index (χ3n) is 5.89. The first kappa shape index (κ1) is 21.2. The molecule has 162 valence electrons. The van der Waals surface area contributed by atoms with Gasteiger partial charge in [0.2, 0.25) is 5.91 Å². The highest BCUT2D eigenvalue weighted by Crippen LogP contribution is 2.32. The minimum Gasteiger partial charge on any atom is -0.493 e. The molecule has 2 saturated heterocycles. The molecular formula is C22H30N4O3S. The molecule has 1 aromatic heterocycles. The molecular weight excluding hydrogens is 400 g/mol. The Kier molecular flexibility index (Phi) is 6.99. The molecule has 2 aliphatic heterocycles. The number of rotatable bonds is 7. The quantitative estimate of drug-likeness (QED) is 0.535. The van der Waals surface area contributed by atoms with Crippen molar-refractivity contribution < 1.29 is 14.6 Å². The fourth-order valence-electron chi connectivity index (χ4n) is 4.03. The van der Waals surface area contributed by atoms with Gasteiger partial charge in [0.05, 0.1) is 34.8 Å². The molecule has 1 aromatic carbocycles. The van der Waals surface area contributed by atoms with E-state index in [2.05, 4.69) is 33.1 Å². The number of piperidine rings is 1. The van der Waals surface area contributed by atoms with Crippen LogP contribution in [0.15, 0.2) is 23.7 Å². The fraction of sp³-hybridized carbons (Fsp3) is 0.545. The maximum Gasteiger partial charge on any atom is 0.237 e. The lowest BCUT2D eigenvalue weighted by molar-refractivity contribution is -0.123. The number of carbonyl (C=O) groups excluding carboxylic acids is 1. The molecule has 2 aliphatic rings. The second-order valence-corrected chi connectivity index (χ2v) is 9.02. The van der Waals surface area contributed by atoms with Crippen molar-refractivity contribution >= 4 is 17.2 Å². The molecule has 0 spiro atoms. The highest BCUT2D eigenvalue weighted by molar-refractivity contribution is 7.13. The van der Waals surface area contributed by atoms with E-state index in [1.165, 1.54) is 0 Å². The summed E-state index contributed by atoms with van der Waals surface area (Å²) in [6.07, 6.45) is 2.24. The number of carbonyl (C=O) groups is 1. The highest BCUT2D eigenvalue weighted by atomic mass is 32.1. The zero-order chi connectivity index (χ0) is 20.9. The van der Waals surface area contributed by atoms with Crippen LogP contribution in [0.25, 0.3) is 10.4 Å². The molecule has 7 nitrogen and oxygen atoms in total. The number of hydrogen-bond acceptors (Lipinski definition) is 7. The molecule has 2 unspecified atom stereocenters. The van der Waals surface area contributed by atoms with Gasteiger partial charge in [0.1, 0.15) is 5.75 Å². The van der Waals surface area contributed by atoms with E-state index < -0.39 is 6.10 Å². The fourth-order valence-corrected chi connectivity index (χ4v) is 4.84. The Balaban J connectivity index is 1.47. The minimum atomic E-state index is -0.452. The van der Waals surface area contributed by atoms with Crippen LogP contribution in [0, 0.1) is 12.8 Å². The van der Waals surface area contributed by atoms with E-state index in [9.17, 15) is 9.90 Å². The Morgan fingerprint density at radius 1 is 1.37 bits per heavy atom. The number of amides is 1. The smallest absolute Gasteiger partial charge is 0.237 e. The SMILES string of the molecule is Cc1ncsc1-c1ccc(CNC(=O)C2CC(O)CN2)c(OCC2CCNCC2)c1. The third-order valence-corrected chi connectivity index (χ3v) is 6.86. The lowest BCUT2D eigenvalue weighted by Gasteiger charge is -2.23. The second-order valence-electron chi connectivity index (χ2n) is 8.16. The van der Waals surface area contributed by atoms with Crippen molar-refractivity contribution in [3.05, 3.63) is 35.0 Å². The highest BCUT2D eigenvalue weighted by Gasteiger charge is 2.28. The number of aryl methyl sites for hydroxylation is 1. The van der Waals surface area contributed by atoms with Crippen LogP contribution in [0.4, 0.5) is 0 Å². The number of nitrogens with one attached hydrogen (secondary N) is 3. The van der Waals surface area contributed by atoms with E-state index in [0.29, 0.717) is 32.0 Å². The molecule has 0 bridgehead atoms. The predicted molar refractivity (Wildman–Crippen MR) is 118 cm³/mol. The Bertz CT molecular complexity index is 866. The zero-order valence-corrected chi connectivity index (χ0v) is 18.1. The van der Waals surface area contributed by atoms with Crippen LogP contribution in [0.1, 0.15) is 30.5 Å². The molecule has 4 rings (SSSR count). The van der Waals surface area contributed by atoms with Crippen LogP contribution in [0.5, 0.6) is 5.75 Å². The lowest BCUT2D eigenvalue weighted by atomic mass is 9.99. The molecule has 4 N–H and O–H groups in total. The number of thiazole rings is 1. The van der Waals surface area contributed by atoms with Crippen molar-refractivity contribution in [3.8, 4) is 16.2 Å². The molecule has 0 saturated carbocycles. The number of β-amino-alcohol motifs (C(OH)–C–C–N with tert-alkyl or cyclic N) is 1. The average Bonchev–Trinajstić information content (AvgIpc) is 3.39. The van der Waals surface area contributed by atoms with Crippen molar-refractivity contribution in [1.29, 1.82) is 0 Å². The summed E-state index contributed by atoms with van der Waals surface area (Å²) in [5.74, 6) is 1.28. The monoisotopic (exact) mass is 430 g/mol. The Morgan fingerprint density at radius 2 is 2.20 bits per heavy atom. The van der Waals surface area contributed by atoms with E-state index in [-0.39, 0.29) is 11.9 Å². The maximum absolute atomic E-state index is 12.4. The Morgan fingerprint density at radius 3 is 2.90 bits per heavy atom. The van der Waals surface area contributed by atoms with E-state index in [1.54, 1.807) is 11.3 Å². The predicted octanol–water partition coefficient (Wildman–Crippen LogP) is 1.84. The van der Waals surface area contributed by atoms with Gasteiger partial charge in [-0.25, -0.2) is 4.98 Å². The van der Waals surface area contributed by atoms with Crippen LogP contribution >= 0.6 is 11.3 Å². The van der Waals surface area contributed by atoms with Crippen molar-refractivity contribution in [2.24, 2.45) is 5.92 Å². The van der Waals surface area contributed by atoms with Gasteiger partial charge in [-0.3, -0.25) is 4.79 Å². The summed E-state index contributed by atoms with van der Waals surface area (Å²) >= 11 is 1.62. The number of benzene rings is 1. The molecule has 1 amide bonds. The topological polar surface area (TPSA) is 95.5 Å². The molecule has 3 heterocycles. The van der Waals surface area contributed by atoms with Crippen molar-refractivity contribution in [1.82, 2.24) is 20.9 Å². The maximum atomic E-state index is 12.4. The summed E-state index contributed by atoms with van der Waals surface area (Å²) in [6.45, 7) is 5.64. The van der Waals surface area contributed by atoms with Crippen molar-refractivity contribution in [2.45, 2.75) is 44.9 Å². The van der Waals surface area contributed by atoms with E-state index in [0.717, 1.165) is 53.4 Å². The zero-order valence-electron chi connectivity index (χ0n) is 17.3. The van der Waals surface area contributed by atoms with Crippen LogP contribution < -0.4 is 20.7 Å². The molecule has 0 aliphatic carbocycles. The summed E-state index contributed by atoms with van der Waals surface area (Å²) in [7, 11) is 0. The molecule has 8 heteroatoms. The molecule has 0 radical (unpaired) electrons. The Hall–Kier alpha value is -2.00. The van der Waals surface area contributed by atoms with Crippen LogP contribution in [0.3, 0.4) is 0 Å². The summed E-state index contributed by atoms with van der Waals surface area (Å²) in [6, 6.07) is 5.83. The summed E-state index contributed by atoms with van der Waals surface area (Å²) in [5.41, 5.74) is 4.92. The second kappa shape index (κ2) is 9.87. The van der Waals surface area contributed by atoms with Gasteiger partial charge in [-0.05, 0) is 56.8 Å². The number of aliphatic hydroxyl groups is 1. The van der Waals surface area contributed by atoms with Gasteiger partial charge in [-0.2, -0.15) is 0 Å². The van der Waals surface area contributed by atoms with E-state index >= 15 is 0 Å². The normalized spacial score (nSPS) is 22.2. The summed E-state index contributed by atoms with van der Waals surface area (Å²) in [4.78, 5) is 17.9. The number of hydrogen-bond donors (Lipinski definition) is 4. The standard InChI is InChI=1S/C22H30N4O3S/c1-14-21(30-13-26-14)16-2-3-17(10-25-22(28)19-9-18(27)11-24-19)20(8-16)29-12-15-4-6-23-7-5-15/h2-3,8,13,15,18-19,23-24,27H,4-7,9-12H2,1H3,(H,25,28). The van der Waals surface area contributed by atoms with E-state index in [1.807, 2.05) is 18.5 Å². The average molecular weight is 431 g/mol. The first-order valence-corrected chi connectivity index (χ1v) is 11.5. The van der Waals surface area contributed by atoms with Gasteiger partial charge in [0.25, 0.3) is 0 Å². The van der Waals surface area contributed by atoms with E-state index in [4.69, 9.17) is 4.74 Å². The van der Waals surface area contributed by atoms with Gasteiger partial charge in [0.15, 0.2) is 0 Å². The number of aromatic nitrogens is 1. The largest absolute Gasteiger partial charge is 0.493 e. The van der Waals surface area contributed by atoms with Crippen LogP contribution in [-0.2, 0) is 11.3 Å². The molecule has 30 heavy (non-hydrogen) atoms. The molecule has 2 atom stereocenters. The van der Waals surface area contributed by atoms with Crippen molar-refractivity contribution in [2.75, 3.05) is 26.2 Å². The van der Waals surface area contributed by atoms with Crippen molar-refractivity contribution in [3.63, 3.8) is 0 Å².